The van der Waals surface area contributed by atoms with Gasteiger partial charge in [0.15, 0.2) is 0 Å². The largest absolute Gasteiger partial charge is 0.271 e. The molecule has 0 radical (unpaired) electrons. The molecule has 1 aliphatic carbocycles. The fourth-order valence-corrected chi connectivity index (χ4v) is 4.15. The smallest absolute Gasteiger partial charge is 0.248 e. The number of thiophene rings is 1. The maximum absolute atomic E-state index is 13.4. The Bertz CT molecular complexity index is 436. The van der Waals surface area contributed by atoms with Gasteiger partial charge < -0.3 is 0 Å². The van der Waals surface area contributed by atoms with Crippen molar-refractivity contribution in [2.24, 2.45) is 11.8 Å². The van der Waals surface area contributed by atoms with Gasteiger partial charge in [0.05, 0.1) is 11.1 Å². The number of alkyl halides is 2. The third-order valence-electron chi connectivity index (χ3n) is 3.75. The van der Waals surface area contributed by atoms with Gasteiger partial charge in [-0.15, -0.1) is 11.3 Å². The number of hydrazine groups is 1. The van der Waals surface area contributed by atoms with Crippen LogP contribution in [0.1, 0.15) is 48.6 Å². The Morgan fingerprint density at radius 3 is 2.89 bits per heavy atom. The lowest BCUT2D eigenvalue weighted by atomic mass is 9.82. The van der Waals surface area contributed by atoms with Crippen LogP contribution < -0.4 is 11.3 Å². The van der Waals surface area contributed by atoms with E-state index in [0.29, 0.717) is 17.9 Å². The average Bonchev–Trinajstić information content (AvgIpc) is 2.66. The van der Waals surface area contributed by atoms with Crippen LogP contribution in [0, 0.1) is 12.8 Å². The van der Waals surface area contributed by atoms with Gasteiger partial charge in [0.25, 0.3) is 0 Å². The van der Waals surface area contributed by atoms with Crippen LogP contribution in [0.3, 0.4) is 0 Å². The first-order valence-corrected chi connectivity index (χ1v) is 7.76. The number of hydrogen-bond donors (Lipinski definition) is 2. The summed E-state index contributed by atoms with van der Waals surface area (Å²) in [6, 6.07) is -0.134. The molecule has 2 nitrogen and oxygen atoms in total. The predicted octanol–water partition coefficient (Wildman–Crippen LogP) is 4.43. The van der Waals surface area contributed by atoms with Crippen LogP contribution in [0.25, 0.3) is 0 Å². The maximum Gasteiger partial charge on any atom is 0.248 e. The van der Waals surface area contributed by atoms with Crippen molar-refractivity contribution in [2.45, 2.75) is 51.0 Å². The second-order valence-corrected chi connectivity index (χ2v) is 6.66. The highest BCUT2D eigenvalue weighted by molar-refractivity contribution is 7.10. The van der Waals surface area contributed by atoms with E-state index in [1.807, 2.05) is 12.3 Å². The Labute approximate surface area is 121 Å². The zero-order valence-electron chi connectivity index (χ0n) is 10.9. The average molecular weight is 309 g/mol. The van der Waals surface area contributed by atoms with Crippen LogP contribution in [0.4, 0.5) is 8.78 Å². The Kier molecular flexibility index (Phi) is 4.82. The SMILES string of the molecule is Cc1csc(C(CC2CCCC(F)(F)C2)NN)c1Cl. The minimum Gasteiger partial charge on any atom is -0.271 e. The van der Waals surface area contributed by atoms with Crippen LogP contribution in [0.5, 0.6) is 0 Å². The lowest BCUT2D eigenvalue weighted by Crippen LogP contribution is -2.32. The fourth-order valence-electron chi connectivity index (χ4n) is 2.75. The molecule has 0 saturated heterocycles. The molecule has 1 saturated carbocycles. The Morgan fingerprint density at radius 1 is 1.63 bits per heavy atom. The van der Waals surface area contributed by atoms with E-state index in [4.69, 9.17) is 17.4 Å². The van der Waals surface area contributed by atoms with Gasteiger partial charge in [-0.3, -0.25) is 11.3 Å². The first kappa shape index (κ1) is 15.2. The van der Waals surface area contributed by atoms with E-state index in [2.05, 4.69) is 5.43 Å². The number of rotatable bonds is 4. The molecule has 2 atom stereocenters. The fraction of sp³-hybridized carbons (Fsp3) is 0.692. The first-order valence-electron chi connectivity index (χ1n) is 6.50. The van der Waals surface area contributed by atoms with Crippen LogP contribution in [0.15, 0.2) is 5.38 Å². The van der Waals surface area contributed by atoms with Crippen molar-refractivity contribution in [3.05, 3.63) is 20.8 Å². The van der Waals surface area contributed by atoms with Gasteiger partial charge in [-0.25, -0.2) is 8.78 Å². The Morgan fingerprint density at radius 2 is 2.37 bits per heavy atom. The molecule has 1 aromatic heterocycles. The summed E-state index contributed by atoms with van der Waals surface area (Å²) >= 11 is 7.76. The second kappa shape index (κ2) is 6.04. The molecule has 1 aliphatic rings. The van der Waals surface area contributed by atoms with Crippen molar-refractivity contribution >= 4 is 22.9 Å². The van der Waals surface area contributed by atoms with Crippen molar-refractivity contribution in [3.8, 4) is 0 Å². The zero-order chi connectivity index (χ0) is 14.0. The number of nitrogens with one attached hydrogen (secondary N) is 1. The van der Waals surface area contributed by atoms with E-state index < -0.39 is 5.92 Å². The minimum absolute atomic E-state index is 0.00303. The van der Waals surface area contributed by atoms with E-state index in [-0.39, 0.29) is 24.8 Å². The normalized spacial score (nSPS) is 24.4. The molecule has 2 rings (SSSR count). The van der Waals surface area contributed by atoms with E-state index >= 15 is 0 Å². The summed E-state index contributed by atoms with van der Waals surface area (Å²) in [5.74, 6) is 3.06. The molecular weight excluding hydrogens is 290 g/mol. The van der Waals surface area contributed by atoms with Gasteiger partial charge >= 0.3 is 0 Å². The summed E-state index contributed by atoms with van der Waals surface area (Å²) < 4.78 is 26.8. The summed E-state index contributed by atoms with van der Waals surface area (Å²) in [5, 5.41) is 2.67. The van der Waals surface area contributed by atoms with Crippen molar-refractivity contribution < 1.29 is 8.78 Å². The van der Waals surface area contributed by atoms with Gasteiger partial charge in [-0.2, -0.15) is 0 Å². The van der Waals surface area contributed by atoms with Crippen LogP contribution in [0.2, 0.25) is 5.02 Å². The molecule has 2 unspecified atom stereocenters. The topological polar surface area (TPSA) is 38.0 Å². The van der Waals surface area contributed by atoms with Crippen molar-refractivity contribution in [1.82, 2.24) is 5.43 Å². The lowest BCUT2D eigenvalue weighted by Gasteiger charge is -2.31. The highest BCUT2D eigenvalue weighted by Crippen LogP contribution is 2.42. The van der Waals surface area contributed by atoms with Gasteiger partial charge in [-0.05, 0) is 43.0 Å². The number of halogens is 3. The standard InChI is InChI=1S/C13H19ClF2N2S/c1-8-7-19-12(11(8)14)10(18-17)5-9-3-2-4-13(15,16)6-9/h7,9-10,18H,2-6,17H2,1H3. The predicted molar refractivity (Wildman–Crippen MR) is 75.7 cm³/mol. The zero-order valence-corrected chi connectivity index (χ0v) is 12.5. The highest BCUT2D eigenvalue weighted by atomic mass is 35.5. The second-order valence-electron chi connectivity index (χ2n) is 5.37. The summed E-state index contributed by atoms with van der Waals surface area (Å²) in [6.07, 6.45) is 2.03. The third kappa shape index (κ3) is 3.66. The summed E-state index contributed by atoms with van der Waals surface area (Å²) in [6.45, 7) is 1.94. The Balaban J connectivity index is 2.05. The summed E-state index contributed by atoms with van der Waals surface area (Å²) in [4.78, 5) is 0.954. The quantitative estimate of drug-likeness (QED) is 0.638. The molecule has 1 heterocycles. The summed E-state index contributed by atoms with van der Waals surface area (Å²) in [7, 11) is 0. The third-order valence-corrected chi connectivity index (χ3v) is 5.58. The molecule has 0 amide bonds. The van der Waals surface area contributed by atoms with Gasteiger partial charge in [-0.1, -0.05) is 11.6 Å². The molecular formula is C13H19ClF2N2S. The van der Waals surface area contributed by atoms with E-state index in [0.717, 1.165) is 16.9 Å². The van der Waals surface area contributed by atoms with E-state index in [9.17, 15) is 8.78 Å². The van der Waals surface area contributed by atoms with Crippen LogP contribution in [-0.2, 0) is 0 Å². The minimum atomic E-state index is -2.52. The number of hydrogen-bond acceptors (Lipinski definition) is 3. The maximum atomic E-state index is 13.4. The van der Waals surface area contributed by atoms with Crippen molar-refractivity contribution in [3.63, 3.8) is 0 Å². The molecule has 0 aliphatic heterocycles. The molecule has 108 valence electrons. The van der Waals surface area contributed by atoms with Crippen LogP contribution >= 0.6 is 22.9 Å². The van der Waals surface area contributed by atoms with Gasteiger partial charge in [0.2, 0.25) is 5.92 Å². The van der Waals surface area contributed by atoms with E-state index in [1.54, 1.807) is 0 Å². The molecule has 0 aromatic carbocycles. The molecule has 3 N–H and O–H groups in total. The monoisotopic (exact) mass is 308 g/mol. The highest BCUT2D eigenvalue weighted by Gasteiger charge is 2.37. The molecule has 1 fully saturated rings. The van der Waals surface area contributed by atoms with Crippen molar-refractivity contribution in [2.75, 3.05) is 0 Å². The molecule has 19 heavy (non-hydrogen) atoms. The van der Waals surface area contributed by atoms with Gasteiger partial charge in [0.1, 0.15) is 0 Å². The van der Waals surface area contributed by atoms with Gasteiger partial charge in [0, 0.05) is 17.7 Å². The molecule has 0 spiro atoms. The molecule has 6 heteroatoms. The molecule has 0 bridgehead atoms. The van der Waals surface area contributed by atoms with Crippen LogP contribution in [-0.4, -0.2) is 5.92 Å². The number of nitrogens with two attached hydrogens (primary N) is 1. The molecule has 1 aromatic rings. The Hall–Kier alpha value is -0.230. The first-order chi connectivity index (χ1) is 8.93. The lowest BCUT2D eigenvalue weighted by molar-refractivity contribution is -0.0548. The summed E-state index contributed by atoms with van der Waals surface area (Å²) in [5.41, 5.74) is 3.74. The van der Waals surface area contributed by atoms with E-state index in [1.165, 1.54) is 11.3 Å². The van der Waals surface area contributed by atoms with Crippen molar-refractivity contribution in [1.29, 1.82) is 0 Å². The number of aryl methyl sites for hydroxylation is 1.